The molecule has 0 bridgehead atoms. The van der Waals surface area contributed by atoms with E-state index in [-0.39, 0.29) is 22.7 Å². The highest BCUT2D eigenvalue weighted by atomic mass is 19.1. The Balaban J connectivity index is 2.62. The van der Waals surface area contributed by atoms with Crippen molar-refractivity contribution < 1.29 is 18.7 Å². The predicted octanol–water partition coefficient (Wildman–Crippen LogP) is 2.91. The van der Waals surface area contributed by atoms with Gasteiger partial charge in [0.25, 0.3) is 0 Å². The first-order chi connectivity index (χ1) is 8.60. The number of hydrogen-bond donors (Lipinski definition) is 0. The number of allylic oxidation sites excluding steroid dienone is 2. The van der Waals surface area contributed by atoms with E-state index in [1.54, 1.807) is 0 Å². The molecule has 0 saturated carbocycles. The summed E-state index contributed by atoms with van der Waals surface area (Å²) in [5.41, 5.74) is 0.714. The number of hydrogen-bond acceptors (Lipinski definition) is 3. The van der Waals surface area contributed by atoms with Crippen molar-refractivity contribution in [2.75, 3.05) is 7.11 Å². The fourth-order valence-corrected chi connectivity index (χ4v) is 2.12. The van der Waals surface area contributed by atoms with Crippen LogP contribution in [0.25, 0.3) is 0 Å². The number of benzene rings is 1. The van der Waals surface area contributed by atoms with E-state index < -0.39 is 11.6 Å². The second kappa shape index (κ2) is 4.72. The maximum absolute atomic E-state index is 13.2. The van der Waals surface area contributed by atoms with Crippen molar-refractivity contribution in [3.8, 4) is 0 Å². The number of methoxy groups -OCH3 is 1. The largest absolute Gasteiger partial charge is 0.492 e. The van der Waals surface area contributed by atoms with Gasteiger partial charge in [-0.1, -0.05) is 13.3 Å². The number of fused-ring (bicyclic) bond motifs is 1. The molecule has 4 heteroatoms. The molecular formula is C14H13FO3. The van der Waals surface area contributed by atoms with Gasteiger partial charge in [0.15, 0.2) is 11.5 Å². The molecule has 0 unspecified atom stereocenters. The molecule has 0 aromatic heterocycles. The predicted molar refractivity (Wildman–Crippen MR) is 64.0 cm³/mol. The van der Waals surface area contributed by atoms with E-state index in [0.29, 0.717) is 12.0 Å². The van der Waals surface area contributed by atoms with Crippen LogP contribution < -0.4 is 0 Å². The smallest absolute Gasteiger partial charge is 0.228 e. The van der Waals surface area contributed by atoms with Gasteiger partial charge < -0.3 is 4.74 Å². The zero-order chi connectivity index (χ0) is 13.3. The molecule has 0 aliphatic heterocycles. The second-order valence-electron chi connectivity index (χ2n) is 4.11. The van der Waals surface area contributed by atoms with Gasteiger partial charge in [0.05, 0.1) is 7.11 Å². The molecule has 0 heterocycles. The Hall–Kier alpha value is -1.97. The number of Topliss-reactive ketones (excluding diaryl/α,β-unsaturated/α-hetero) is 2. The topological polar surface area (TPSA) is 43.4 Å². The third-order valence-corrected chi connectivity index (χ3v) is 2.93. The van der Waals surface area contributed by atoms with E-state index in [1.165, 1.54) is 19.2 Å². The lowest BCUT2D eigenvalue weighted by atomic mass is 9.86. The zero-order valence-corrected chi connectivity index (χ0v) is 10.2. The van der Waals surface area contributed by atoms with Crippen LogP contribution in [0.2, 0.25) is 0 Å². The van der Waals surface area contributed by atoms with Crippen LogP contribution in [0, 0.1) is 5.82 Å². The minimum Gasteiger partial charge on any atom is -0.492 e. The highest BCUT2D eigenvalue weighted by molar-refractivity contribution is 6.26. The lowest BCUT2D eigenvalue weighted by Crippen LogP contribution is -2.23. The zero-order valence-electron chi connectivity index (χ0n) is 10.2. The minimum atomic E-state index is -0.538. The van der Waals surface area contributed by atoms with Gasteiger partial charge in [0.2, 0.25) is 5.78 Å². The standard InChI is InChI=1S/C14H13FO3/c1-3-4-10-12(16)9-6-5-8(15)7-11(9)13(17)14(10)18-2/h5-7H,3-4H2,1-2H3. The monoisotopic (exact) mass is 248 g/mol. The summed E-state index contributed by atoms with van der Waals surface area (Å²) in [6.45, 7) is 1.91. The third-order valence-electron chi connectivity index (χ3n) is 2.93. The van der Waals surface area contributed by atoms with Crippen molar-refractivity contribution in [1.29, 1.82) is 0 Å². The molecule has 0 N–H and O–H groups in total. The van der Waals surface area contributed by atoms with Crippen LogP contribution in [0.1, 0.15) is 40.5 Å². The maximum atomic E-state index is 13.2. The van der Waals surface area contributed by atoms with Crippen LogP contribution in [0.3, 0.4) is 0 Å². The summed E-state index contributed by atoms with van der Waals surface area (Å²) < 4.78 is 18.2. The van der Waals surface area contributed by atoms with Crippen molar-refractivity contribution in [2.24, 2.45) is 0 Å². The summed E-state index contributed by atoms with van der Waals surface area (Å²) in [6, 6.07) is 3.62. The van der Waals surface area contributed by atoms with E-state index >= 15 is 0 Å². The molecule has 2 rings (SSSR count). The molecular weight excluding hydrogens is 235 g/mol. The molecule has 0 radical (unpaired) electrons. The van der Waals surface area contributed by atoms with Crippen molar-refractivity contribution in [3.63, 3.8) is 0 Å². The summed E-state index contributed by atoms with van der Waals surface area (Å²) in [5.74, 6) is -1.16. The van der Waals surface area contributed by atoms with Gasteiger partial charge >= 0.3 is 0 Å². The molecule has 0 spiro atoms. The van der Waals surface area contributed by atoms with Gasteiger partial charge in [-0.25, -0.2) is 4.39 Å². The quantitative estimate of drug-likeness (QED) is 0.826. The highest BCUT2D eigenvalue weighted by Crippen LogP contribution is 2.29. The molecule has 0 saturated heterocycles. The van der Waals surface area contributed by atoms with Crippen LogP contribution >= 0.6 is 0 Å². The van der Waals surface area contributed by atoms with Gasteiger partial charge in [-0.3, -0.25) is 9.59 Å². The summed E-state index contributed by atoms with van der Waals surface area (Å²) in [5, 5.41) is 0. The van der Waals surface area contributed by atoms with E-state index in [2.05, 4.69) is 0 Å². The van der Waals surface area contributed by atoms with Crippen molar-refractivity contribution in [3.05, 3.63) is 46.5 Å². The number of rotatable bonds is 3. The molecule has 3 nitrogen and oxygen atoms in total. The Morgan fingerprint density at radius 1 is 1.17 bits per heavy atom. The van der Waals surface area contributed by atoms with E-state index in [1.807, 2.05) is 6.92 Å². The molecule has 1 aliphatic carbocycles. The number of ketones is 2. The Morgan fingerprint density at radius 2 is 1.89 bits per heavy atom. The average Bonchev–Trinajstić information content (AvgIpc) is 2.36. The fourth-order valence-electron chi connectivity index (χ4n) is 2.12. The average molecular weight is 248 g/mol. The summed E-state index contributed by atoms with van der Waals surface area (Å²) in [7, 11) is 1.35. The molecule has 1 aromatic rings. The van der Waals surface area contributed by atoms with Gasteiger partial charge in [-0.15, -0.1) is 0 Å². The summed E-state index contributed by atoms with van der Waals surface area (Å²) in [4.78, 5) is 24.3. The van der Waals surface area contributed by atoms with Crippen LogP contribution in [0.15, 0.2) is 29.5 Å². The first-order valence-electron chi connectivity index (χ1n) is 5.76. The Labute approximate surface area is 104 Å². The molecule has 1 aliphatic rings. The summed E-state index contributed by atoms with van der Waals surface area (Å²) in [6.07, 6.45) is 1.21. The number of halogens is 1. The number of ether oxygens (including phenoxy) is 1. The van der Waals surface area contributed by atoms with Crippen molar-refractivity contribution in [1.82, 2.24) is 0 Å². The molecule has 18 heavy (non-hydrogen) atoms. The first-order valence-corrected chi connectivity index (χ1v) is 5.76. The van der Waals surface area contributed by atoms with Crippen LogP contribution in [-0.4, -0.2) is 18.7 Å². The summed E-state index contributed by atoms with van der Waals surface area (Å²) >= 11 is 0. The van der Waals surface area contributed by atoms with Gasteiger partial charge in [0, 0.05) is 16.7 Å². The van der Waals surface area contributed by atoms with E-state index in [0.717, 1.165) is 12.5 Å². The highest BCUT2D eigenvalue weighted by Gasteiger charge is 2.32. The second-order valence-corrected chi connectivity index (χ2v) is 4.11. The Kier molecular flexibility index (Phi) is 3.28. The minimum absolute atomic E-state index is 0.0416. The molecule has 0 fully saturated rings. The lowest BCUT2D eigenvalue weighted by molar-refractivity contribution is 0.0902. The van der Waals surface area contributed by atoms with Crippen molar-refractivity contribution >= 4 is 11.6 Å². The van der Waals surface area contributed by atoms with Gasteiger partial charge in [-0.2, -0.15) is 0 Å². The molecule has 0 amide bonds. The maximum Gasteiger partial charge on any atom is 0.228 e. The van der Waals surface area contributed by atoms with E-state index in [4.69, 9.17) is 4.74 Å². The van der Waals surface area contributed by atoms with Gasteiger partial charge in [0.1, 0.15) is 5.82 Å². The Morgan fingerprint density at radius 3 is 2.50 bits per heavy atom. The fraction of sp³-hybridized carbons (Fsp3) is 0.286. The normalized spacial score (nSPS) is 14.8. The third kappa shape index (κ3) is 1.83. The number of carbonyl (C=O) groups is 2. The van der Waals surface area contributed by atoms with Crippen LogP contribution in [-0.2, 0) is 4.74 Å². The molecule has 0 atom stereocenters. The first kappa shape index (κ1) is 12.5. The number of carbonyl (C=O) groups excluding carboxylic acids is 2. The van der Waals surface area contributed by atoms with Gasteiger partial charge in [-0.05, 0) is 24.6 Å². The molecule has 94 valence electrons. The Bertz CT molecular complexity index is 558. The van der Waals surface area contributed by atoms with E-state index in [9.17, 15) is 14.0 Å². The SMILES string of the molecule is CCCC1=C(OC)C(=O)c2cc(F)ccc2C1=O. The van der Waals surface area contributed by atoms with Crippen LogP contribution in [0.5, 0.6) is 0 Å². The molecule has 1 aromatic carbocycles. The lowest BCUT2D eigenvalue weighted by Gasteiger charge is -2.19. The van der Waals surface area contributed by atoms with Crippen molar-refractivity contribution in [2.45, 2.75) is 19.8 Å². The van der Waals surface area contributed by atoms with Crippen LogP contribution in [0.4, 0.5) is 4.39 Å².